The number of hydrogen-bond donors (Lipinski definition) is 0. The van der Waals surface area contributed by atoms with E-state index in [1.165, 1.54) is 64.2 Å². The summed E-state index contributed by atoms with van der Waals surface area (Å²) in [6.45, 7) is 0. The predicted octanol–water partition coefficient (Wildman–Crippen LogP) is 4.45. The predicted molar refractivity (Wildman–Crippen MR) is 81.5 cm³/mol. The number of carbonyl (C=O) groups is 1. The molecule has 0 aromatic rings. The first-order valence-electron chi connectivity index (χ1n) is 9.77. The van der Waals surface area contributed by atoms with Crippen molar-refractivity contribution in [3.63, 3.8) is 0 Å². The maximum atomic E-state index is 13.7. The van der Waals surface area contributed by atoms with Crippen molar-refractivity contribution in [2.45, 2.75) is 64.2 Å². The number of ketones is 1. The Kier molecular flexibility index (Phi) is 2.18. The average molecular weight is 284 g/mol. The van der Waals surface area contributed by atoms with Gasteiger partial charge in [0.1, 0.15) is 5.78 Å². The third-order valence-electron chi connectivity index (χ3n) is 9.10. The third kappa shape index (κ3) is 1.34. The summed E-state index contributed by atoms with van der Waals surface area (Å²) in [6.07, 6.45) is 14.1. The zero-order chi connectivity index (χ0) is 13.8. The lowest BCUT2D eigenvalue weighted by atomic mass is 9.40. The number of Topliss-reactive ketones (excluding diaryl/α,β-unsaturated/α-hetero) is 1. The molecule has 8 saturated carbocycles. The molecule has 0 aromatic heterocycles. The lowest BCUT2D eigenvalue weighted by Crippen LogP contribution is -2.60. The van der Waals surface area contributed by atoms with Crippen molar-refractivity contribution in [1.29, 1.82) is 0 Å². The van der Waals surface area contributed by atoms with Crippen LogP contribution >= 0.6 is 0 Å². The second-order valence-electron chi connectivity index (χ2n) is 9.91. The van der Waals surface area contributed by atoms with Gasteiger partial charge in [-0.3, -0.25) is 4.79 Å². The van der Waals surface area contributed by atoms with Crippen LogP contribution in [0, 0.1) is 52.8 Å². The molecule has 2 unspecified atom stereocenters. The first kappa shape index (κ1) is 12.1. The van der Waals surface area contributed by atoms with E-state index in [-0.39, 0.29) is 5.41 Å². The van der Waals surface area contributed by atoms with Crippen LogP contribution in [0.3, 0.4) is 0 Å². The quantitative estimate of drug-likeness (QED) is 0.642. The van der Waals surface area contributed by atoms with Gasteiger partial charge in [-0.1, -0.05) is 0 Å². The largest absolute Gasteiger partial charge is 0.299 e. The SMILES string of the molecule is O=C1C2C[C@@H]3CC(C[C@H](C2)C3)C12C1CC3CC(C1)CC2C3. The van der Waals surface area contributed by atoms with Gasteiger partial charge in [-0.2, -0.15) is 0 Å². The molecule has 21 heavy (non-hydrogen) atoms. The van der Waals surface area contributed by atoms with E-state index in [9.17, 15) is 4.79 Å². The maximum Gasteiger partial charge on any atom is 0.142 e. The minimum Gasteiger partial charge on any atom is -0.299 e. The summed E-state index contributed by atoms with van der Waals surface area (Å²) >= 11 is 0. The van der Waals surface area contributed by atoms with Crippen molar-refractivity contribution < 1.29 is 4.79 Å². The van der Waals surface area contributed by atoms with Crippen LogP contribution in [0.2, 0.25) is 0 Å². The molecule has 8 fully saturated rings. The van der Waals surface area contributed by atoms with Crippen LogP contribution in [0.5, 0.6) is 0 Å². The normalized spacial score (nSPS) is 63.5. The van der Waals surface area contributed by atoms with Gasteiger partial charge < -0.3 is 0 Å². The minimum atomic E-state index is 0.196. The van der Waals surface area contributed by atoms with E-state index in [2.05, 4.69) is 0 Å². The molecule has 0 heterocycles. The molecule has 0 radical (unpaired) electrons. The Bertz CT molecular complexity index is 464. The molecule has 0 saturated heterocycles. The second kappa shape index (κ2) is 3.77. The molecule has 1 nitrogen and oxygen atoms in total. The van der Waals surface area contributed by atoms with Crippen molar-refractivity contribution in [2.75, 3.05) is 0 Å². The number of hydrogen-bond acceptors (Lipinski definition) is 1. The molecule has 0 amide bonds. The minimum absolute atomic E-state index is 0.196. The average Bonchev–Trinajstić information content (AvgIpc) is 2.57. The van der Waals surface area contributed by atoms with Gasteiger partial charge in [0.15, 0.2) is 0 Å². The van der Waals surface area contributed by atoms with Gasteiger partial charge in [0.25, 0.3) is 0 Å². The highest BCUT2D eigenvalue weighted by Crippen LogP contribution is 2.70. The highest BCUT2D eigenvalue weighted by Gasteiger charge is 2.67. The molecule has 8 bridgehead atoms. The molecular weight excluding hydrogens is 256 g/mol. The molecule has 0 aliphatic heterocycles. The van der Waals surface area contributed by atoms with Crippen LogP contribution in [0.4, 0.5) is 0 Å². The van der Waals surface area contributed by atoms with E-state index >= 15 is 0 Å². The Morgan fingerprint density at radius 3 is 1.38 bits per heavy atom. The first-order chi connectivity index (χ1) is 10.2. The molecule has 8 rings (SSSR count). The fourth-order valence-electron chi connectivity index (χ4n) is 9.04. The Morgan fingerprint density at radius 1 is 0.571 bits per heavy atom. The van der Waals surface area contributed by atoms with Gasteiger partial charge in [-0.25, -0.2) is 0 Å². The van der Waals surface area contributed by atoms with Crippen molar-refractivity contribution in [2.24, 2.45) is 52.8 Å². The van der Waals surface area contributed by atoms with Crippen molar-refractivity contribution in [1.82, 2.24) is 0 Å². The smallest absolute Gasteiger partial charge is 0.142 e. The summed E-state index contributed by atoms with van der Waals surface area (Å²) in [6, 6.07) is 0. The Balaban J connectivity index is 1.52. The number of rotatable bonds is 0. The Hall–Kier alpha value is -0.330. The molecule has 4 atom stereocenters. The van der Waals surface area contributed by atoms with Crippen LogP contribution in [0.25, 0.3) is 0 Å². The van der Waals surface area contributed by atoms with Crippen LogP contribution in [0.1, 0.15) is 64.2 Å². The molecule has 0 aromatic carbocycles. The standard InChI is InChI=1S/C20H28O/c21-19-15-3-11-1-12(4-15)6-16(5-11)20(19)17-7-13-2-14(9-17)10-18(20)8-13/h11-18H,1-10H2/t11-,12+,13?,14?,15?,16?,17?,18?,20?. The van der Waals surface area contributed by atoms with Gasteiger partial charge in [0.05, 0.1) is 0 Å². The third-order valence-corrected chi connectivity index (χ3v) is 9.10. The van der Waals surface area contributed by atoms with E-state index in [1.54, 1.807) is 0 Å². The first-order valence-corrected chi connectivity index (χ1v) is 9.77. The zero-order valence-electron chi connectivity index (χ0n) is 13.1. The van der Waals surface area contributed by atoms with E-state index in [4.69, 9.17) is 0 Å². The Labute approximate surface area is 128 Å². The number of carbonyl (C=O) groups excluding carboxylic acids is 1. The summed E-state index contributed by atoms with van der Waals surface area (Å²) in [5.74, 6) is 7.57. The summed E-state index contributed by atoms with van der Waals surface area (Å²) in [5, 5.41) is 0. The van der Waals surface area contributed by atoms with Gasteiger partial charge in [0.2, 0.25) is 0 Å². The lowest BCUT2D eigenvalue weighted by Gasteiger charge is -2.63. The lowest BCUT2D eigenvalue weighted by molar-refractivity contribution is -0.172. The monoisotopic (exact) mass is 284 g/mol. The molecular formula is C20H28O. The van der Waals surface area contributed by atoms with Crippen molar-refractivity contribution >= 4 is 5.78 Å². The molecule has 114 valence electrons. The fourth-order valence-corrected chi connectivity index (χ4v) is 9.04. The van der Waals surface area contributed by atoms with Gasteiger partial charge >= 0.3 is 0 Å². The highest BCUT2D eigenvalue weighted by molar-refractivity contribution is 5.89. The van der Waals surface area contributed by atoms with Gasteiger partial charge in [-0.05, 0) is 106 Å². The second-order valence-corrected chi connectivity index (χ2v) is 9.91. The summed E-state index contributed by atoms with van der Waals surface area (Å²) in [7, 11) is 0. The zero-order valence-corrected chi connectivity index (χ0v) is 13.1. The molecule has 1 heteroatoms. The molecule has 8 aliphatic rings. The van der Waals surface area contributed by atoms with Crippen LogP contribution < -0.4 is 0 Å². The summed E-state index contributed by atoms with van der Waals surface area (Å²) in [4.78, 5) is 13.7. The molecule has 0 N–H and O–H groups in total. The van der Waals surface area contributed by atoms with Crippen LogP contribution in [-0.4, -0.2) is 5.78 Å². The van der Waals surface area contributed by atoms with E-state index < -0.39 is 0 Å². The topological polar surface area (TPSA) is 17.1 Å². The molecule has 1 spiro atoms. The van der Waals surface area contributed by atoms with Crippen molar-refractivity contribution in [3.8, 4) is 0 Å². The van der Waals surface area contributed by atoms with Crippen LogP contribution in [-0.2, 0) is 4.79 Å². The summed E-state index contributed by atoms with van der Waals surface area (Å²) in [5.41, 5.74) is 0.196. The van der Waals surface area contributed by atoms with E-state index in [1.807, 2.05) is 0 Å². The van der Waals surface area contributed by atoms with Crippen molar-refractivity contribution in [3.05, 3.63) is 0 Å². The van der Waals surface area contributed by atoms with E-state index in [0.717, 1.165) is 47.2 Å². The Morgan fingerprint density at radius 2 is 0.952 bits per heavy atom. The van der Waals surface area contributed by atoms with Crippen LogP contribution in [0.15, 0.2) is 0 Å². The van der Waals surface area contributed by atoms with Gasteiger partial charge in [-0.15, -0.1) is 0 Å². The highest BCUT2D eigenvalue weighted by atomic mass is 16.1. The van der Waals surface area contributed by atoms with Gasteiger partial charge in [0, 0.05) is 11.3 Å². The maximum absolute atomic E-state index is 13.7. The summed E-state index contributed by atoms with van der Waals surface area (Å²) < 4.78 is 0. The fraction of sp³-hybridized carbons (Fsp3) is 0.950. The molecule has 8 aliphatic carbocycles. The van der Waals surface area contributed by atoms with E-state index in [0.29, 0.717) is 5.92 Å².